The fourth-order valence-corrected chi connectivity index (χ4v) is 2.93. The first-order valence-electron chi connectivity index (χ1n) is 9.65. The largest absolute Gasteiger partial charge is 0.456 e. The van der Waals surface area contributed by atoms with Gasteiger partial charge in [0.15, 0.2) is 5.43 Å². The Hall–Kier alpha value is -4.53. The monoisotopic (exact) mass is 431 g/mol. The molecule has 9 nitrogen and oxygen atoms in total. The number of pyridine rings is 2. The summed E-state index contributed by atoms with van der Waals surface area (Å²) in [4.78, 5) is 45.0. The van der Waals surface area contributed by atoms with E-state index in [2.05, 4.69) is 15.3 Å². The van der Waals surface area contributed by atoms with Gasteiger partial charge in [-0.25, -0.2) is 9.59 Å². The molecule has 4 rings (SSSR count). The number of rotatable bonds is 5. The van der Waals surface area contributed by atoms with Gasteiger partial charge in [0.25, 0.3) is 0 Å². The van der Waals surface area contributed by atoms with E-state index in [1.807, 2.05) is 0 Å². The molecule has 0 bridgehead atoms. The Labute approximate surface area is 181 Å². The average Bonchev–Trinajstić information content (AvgIpc) is 2.80. The minimum Gasteiger partial charge on any atom is -0.456 e. The topological polar surface area (TPSA) is 121 Å². The molecule has 1 amide bonds. The van der Waals surface area contributed by atoms with Gasteiger partial charge in [0, 0.05) is 24.5 Å². The number of hydrogen-bond donors (Lipinski definition) is 1. The number of hydrogen-bond acceptors (Lipinski definition) is 8. The van der Waals surface area contributed by atoms with E-state index in [1.54, 1.807) is 43.3 Å². The standard InChI is InChI=1S/C23H17N3O6/c1-2-30-23(29)26-21-16(19-12-17(27)15-7-3-4-8-18(15)31-19)9-10-20(25-21)32-22(28)14-6-5-11-24-13-14/h3-13H,2H2,1H3,(H,25,26,29). The van der Waals surface area contributed by atoms with Crippen LogP contribution in [0, 0.1) is 0 Å². The molecule has 0 aliphatic rings. The third kappa shape index (κ3) is 4.46. The Morgan fingerprint density at radius 2 is 1.94 bits per heavy atom. The van der Waals surface area contributed by atoms with Crippen LogP contribution in [0.15, 0.2) is 76.2 Å². The van der Waals surface area contributed by atoms with Crippen molar-refractivity contribution in [3.8, 4) is 17.2 Å². The van der Waals surface area contributed by atoms with Gasteiger partial charge in [-0.2, -0.15) is 4.98 Å². The summed E-state index contributed by atoms with van der Waals surface area (Å²) >= 11 is 0. The van der Waals surface area contributed by atoms with Crippen LogP contribution in [0.4, 0.5) is 10.6 Å². The van der Waals surface area contributed by atoms with E-state index in [9.17, 15) is 14.4 Å². The number of amides is 1. The van der Waals surface area contributed by atoms with Crippen molar-refractivity contribution in [3.05, 3.63) is 82.8 Å². The van der Waals surface area contributed by atoms with Crippen molar-refractivity contribution in [2.24, 2.45) is 0 Å². The number of aromatic nitrogens is 2. The van der Waals surface area contributed by atoms with Crippen LogP contribution in [0.1, 0.15) is 17.3 Å². The lowest BCUT2D eigenvalue weighted by atomic mass is 10.1. The molecule has 160 valence electrons. The number of nitrogens with zero attached hydrogens (tertiary/aromatic N) is 2. The zero-order chi connectivity index (χ0) is 22.5. The van der Waals surface area contributed by atoms with E-state index in [4.69, 9.17) is 13.9 Å². The molecule has 0 saturated carbocycles. The Morgan fingerprint density at radius 1 is 1.09 bits per heavy atom. The maximum atomic E-state index is 12.5. The van der Waals surface area contributed by atoms with Crippen LogP contribution in [-0.4, -0.2) is 28.6 Å². The summed E-state index contributed by atoms with van der Waals surface area (Å²) in [5.41, 5.74) is 0.668. The lowest BCUT2D eigenvalue weighted by molar-refractivity contribution is 0.0727. The fourth-order valence-electron chi connectivity index (χ4n) is 2.93. The zero-order valence-electron chi connectivity index (χ0n) is 16.9. The minimum absolute atomic E-state index is 0.00151. The second kappa shape index (κ2) is 9.09. The first-order chi connectivity index (χ1) is 15.5. The Bertz CT molecular complexity index is 1350. The van der Waals surface area contributed by atoms with Gasteiger partial charge < -0.3 is 13.9 Å². The van der Waals surface area contributed by atoms with Gasteiger partial charge in [-0.05, 0) is 37.3 Å². The van der Waals surface area contributed by atoms with E-state index >= 15 is 0 Å². The van der Waals surface area contributed by atoms with Crippen molar-refractivity contribution >= 4 is 28.8 Å². The maximum Gasteiger partial charge on any atom is 0.412 e. The van der Waals surface area contributed by atoms with E-state index in [-0.39, 0.29) is 35.1 Å². The van der Waals surface area contributed by atoms with Crippen LogP contribution in [0.25, 0.3) is 22.3 Å². The van der Waals surface area contributed by atoms with E-state index in [0.717, 1.165) is 0 Å². The second-order valence-electron chi connectivity index (χ2n) is 6.49. The molecule has 0 atom stereocenters. The smallest absolute Gasteiger partial charge is 0.412 e. The Kier molecular flexibility index (Phi) is 5.89. The average molecular weight is 431 g/mol. The predicted molar refractivity (Wildman–Crippen MR) is 116 cm³/mol. The van der Waals surface area contributed by atoms with E-state index in [0.29, 0.717) is 16.5 Å². The van der Waals surface area contributed by atoms with Crippen LogP contribution in [0.5, 0.6) is 5.88 Å². The quantitative estimate of drug-likeness (QED) is 0.470. The minimum atomic E-state index is -0.764. The third-order valence-corrected chi connectivity index (χ3v) is 4.36. The summed E-state index contributed by atoms with van der Waals surface area (Å²) in [5.74, 6) is -0.563. The molecule has 9 heteroatoms. The number of carbonyl (C=O) groups excluding carboxylic acids is 2. The van der Waals surface area contributed by atoms with Gasteiger partial charge in [-0.3, -0.25) is 15.1 Å². The van der Waals surface area contributed by atoms with Gasteiger partial charge in [-0.1, -0.05) is 12.1 Å². The van der Waals surface area contributed by atoms with Crippen molar-refractivity contribution < 1.29 is 23.5 Å². The van der Waals surface area contributed by atoms with Crippen LogP contribution < -0.4 is 15.5 Å². The van der Waals surface area contributed by atoms with Gasteiger partial charge >= 0.3 is 12.1 Å². The third-order valence-electron chi connectivity index (χ3n) is 4.36. The van der Waals surface area contributed by atoms with E-state index < -0.39 is 12.1 Å². The molecule has 0 radical (unpaired) electrons. The van der Waals surface area contributed by atoms with Crippen molar-refractivity contribution in [3.63, 3.8) is 0 Å². The molecule has 0 aliphatic carbocycles. The lowest BCUT2D eigenvalue weighted by Crippen LogP contribution is -2.16. The second-order valence-corrected chi connectivity index (χ2v) is 6.49. The highest BCUT2D eigenvalue weighted by molar-refractivity contribution is 5.92. The lowest BCUT2D eigenvalue weighted by Gasteiger charge is -2.12. The molecule has 1 N–H and O–H groups in total. The Morgan fingerprint density at radius 3 is 2.72 bits per heavy atom. The molecule has 0 spiro atoms. The van der Waals surface area contributed by atoms with Crippen LogP contribution in [-0.2, 0) is 4.74 Å². The molecule has 4 aromatic rings. The number of para-hydroxylation sites is 1. The zero-order valence-corrected chi connectivity index (χ0v) is 16.9. The van der Waals surface area contributed by atoms with Crippen molar-refractivity contribution in [1.82, 2.24) is 9.97 Å². The molecule has 3 heterocycles. The Balaban J connectivity index is 1.74. The van der Waals surface area contributed by atoms with Crippen molar-refractivity contribution in [2.45, 2.75) is 6.92 Å². The number of nitrogens with one attached hydrogen (secondary N) is 1. The van der Waals surface area contributed by atoms with Crippen LogP contribution >= 0.6 is 0 Å². The first-order valence-corrected chi connectivity index (χ1v) is 9.65. The summed E-state index contributed by atoms with van der Waals surface area (Å²) in [6.07, 6.45) is 2.13. The number of benzene rings is 1. The summed E-state index contributed by atoms with van der Waals surface area (Å²) in [6, 6.07) is 14.2. The van der Waals surface area contributed by atoms with E-state index in [1.165, 1.54) is 30.6 Å². The molecule has 32 heavy (non-hydrogen) atoms. The van der Waals surface area contributed by atoms with Gasteiger partial charge in [-0.15, -0.1) is 0 Å². The molecule has 3 aromatic heterocycles. The normalized spacial score (nSPS) is 10.5. The highest BCUT2D eigenvalue weighted by atomic mass is 16.6. The number of fused-ring (bicyclic) bond motifs is 1. The number of anilines is 1. The van der Waals surface area contributed by atoms with Crippen LogP contribution in [0.3, 0.4) is 0 Å². The molecule has 0 aliphatic heterocycles. The van der Waals surface area contributed by atoms with Crippen molar-refractivity contribution in [2.75, 3.05) is 11.9 Å². The maximum absolute atomic E-state index is 12.5. The summed E-state index contributed by atoms with van der Waals surface area (Å²) in [6.45, 7) is 1.80. The molecular weight excluding hydrogens is 414 g/mol. The van der Waals surface area contributed by atoms with Gasteiger partial charge in [0.1, 0.15) is 17.2 Å². The molecule has 1 aromatic carbocycles. The number of ether oxygens (including phenoxy) is 2. The fraction of sp³-hybridized carbons (Fsp3) is 0.0870. The van der Waals surface area contributed by atoms with Gasteiger partial charge in [0.2, 0.25) is 5.88 Å². The molecular formula is C23H17N3O6. The first kappa shape index (κ1) is 20.7. The molecule has 0 saturated heterocycles. The summed E-state index contributed by atoms with van der Waals surface area (Å²) < 4.78 is 16.1. The van der Waals surface area contributed by atoms with Crippen LogP contribution in [0.2, 0.25) is 0 Å². The number of esters is 1. The SMILES string of the molecule is CCOC(=O)Nc1nc(OC(=O)c2cccnc2)ccc1-c1cc(=O)c2ccccc2o1. The summed E-state index contributed by atoms with van der Waals surface area (Å²) in [5, 5.41) is 2.92. The summed E-state index contributed by atoms with van der Waals surface area (Å²) in [7, 11) is 0. The van der Waals surface area contributed by atoms with Gasteiger partial charge in [0.05, 0.1) is 23.1 Å². The highest BCUT2D eigenvalue weighted by Crippen LogP contribution is 2.30. The van der Waals surface area contributed by atoms with Crippen molar-refractivity contribution in [1.29, 1.82) is 0 Å². The molecule has 0 fully saturated rings. The molecule has 0 unspecified atom stereocenters. The predicted octanol–water partition coefficient (Wildman–Crippen LogP) is 4.04. The highest BCUT2D eigenvalue weighted by Gasteiger charge is 2.18. The number of carbonyl (C=O) groups is 2.